The van der Waals surface area contributed by atoms with Gasteiger partial charge in [-0.1, -0.05) is 18.2 Å². The fraction of sp³-hybridized carbons (Fsp3) is 0.343. The summed E-state index contributed by atoms with van der Waals surface area (Å²) in [6.45, 7) is 8.42. The molecule has 0 saturated carbocycles. The third-order valence-electron chi connectivity index (χ3n) is 8.74. The molecular weight excluding hydrogens is 580 g/mol. The first-order chi connectivity index (χ1) is 22.6. The zero-order chi connectivity index (χ0) is 31.5. The van der Waals surface area contributed by atoms with Gasteiger partial charge in [0.15, 0.2) is 0 Å². The lowest BCUT2D eigenvalue weighted by molar-refractivity contribution is 0.122. The molecule has 0 bridgehead atoms. The summed E-state index contributed by atoms with van der Waals surface area (Å²) in [7, 11) is 3.74. The summed E-state index contributed by atoms with van der Waals surface area (Å²) in [6.07, 6.45) is 2.56. The zero-order valence-electron chi connectivity index (χ0n) is 26.6. The second-order valence-corrected chi connectivity index (χ2v) is 11.7. The number of ether oxygens (including phenoxy) is 3. The van der Waals surface area contributed by atoms with Gasteiger partial charge in [0.05, 0.1) is 44.7 Å². The van der Waals surface area contributed by atoms with Gasteiger partial charge in [-0.25, -0.2) is 4.98 Å². The van der Waals surface area contributed by atoms with E-state index in [1.807, 2.05) is 18.2 Å². The molecule has 0 amide bonds. The van der Waals surface area contributed by atoms with Gasteiger partial charge in [-0.15, -0.1) is 0 Å². The molecule has 0 unspecified atom stereocenters. The normalized spacial score (nSPS) is 15.3. The highest BCUT2D eigenvalue weighted by Gasteiger charge is 2.20. The number of hydrogen-bond donors (Lipinski definition) is 2. The molecule has 2 fully saturated rings. The Labute approximate surface area is 269 Å². The molecular formula is C35H40N8O3. The van der Waals surface area contributed by atoms with Crippen LogP contribution in [0.5, 0.6) is 5.75 Å². The van der Waals surface area contributed by atoms with Crippen LogP contribution in [0.15, 0.2) is 66.9 Å². The van der Waals surface area contributed by atoms with Crippen LogP contribution < -0.4 is 24.8 Å². The van der Waals surface area contributed by atoms with Crippen LogP contribution in [-0.2, 0) is 15.9 Å². The molecule has 11 nitrogen and oxygen atoms in total. The predicted octanol–water partition coefficient (Wildman–Crippen LogP) is 5.45. The van der Waals surface area contributed by atoms with Gasteiger partial charge < -0.3 is 34.2 Å². The molecule has 3 aromatic carbocycles. The lowest BCUT2D eigenvalue weighted by Crippen LogP contribution is -2.38. The Balaban J connectivity index is 1.21. The molecule has 46 heavy (non-hydrogen) atoms. The molecule has 2 saturated heterocycles. The summed E-state index contributed by atoms with van der Waals surface area (Å²) in [5.41, 5.74) is 8.62. The third-order valence-corrected chi connectivity index (χ3v) is 8.74. The van der Waals surface area contributed by atoms with E-state index in [9.17, 15) is 0 Å². The van der Waals surface area contributed by atoms with Crippen molar-refractivity contribution in [3.8, 4) is 5.75 Å². The minimum atomic E-state index is 0.532. The summed E-state index contributed by atoms with van der Waals surface area (Å²) in [5.74, 6) is 2.15. The van der Waals surface area contributed by atoms with Crippen molar-refractivity contribution >= 4 is 45.4 Å². The van der Waals surface area contributed by atoms with Gasteiger partial charge in [-0.3, -0.25) is 5.10 Å². The number of aromatic nitrogens is 4. The lowest BCUT2D eigenvalue weighted by atomic mass is 9.99. The first-order valence-electron chi connectivity index (χ1n) is 15.8. The number of anilines is 6. The van der Waals surface area contributed by atoms with Crippen LogP contribution >= 0.6 is 0 Å². The number of nitrogens with zero attached hydrogens (tertiary/aromatic N) is 6. The Morgan fingerprint density at radius 3 is 2.22 bits per heavy atom. The van der Waals surface area contributed by atoms with E-state index in [2.05, 4.69) is 91.6 Å². The van der Waals surface area contributed by atoms with Crippen molar-refractivity contribution in [2.24, 2.45) is 0 Å². The van der Waals surface area contributed by atoms with Gasteiger partial charge in [0.25, 0.3) is 0 Å². The Morgan fingerprint density at radius 2 is 1.57 bits per heavy atom. The second kappa shape index (κ2) is 13.2. The number of hydrogen-bond acceptors (Lipinski definition) is 10. The highest BCUT2D eigenvalue weighted by molar-refractivity contribution is 5.97. The first kappa shape index (κ1) is 29.8. The van der Waals surface area contributed by atoms with E-state index in [4.69, 9.17) is 19.2 Å². The first-order valence-corrected chi connectivity index (χ1v) is 15.8. The number of methoxy groups -OCH3 is 1. The number of H-pyrrole nitrogens is 1. The largest absolute Gasteiger partial charge is 0.497 e. The minimum Gasteiger partial charge on any atom is -0.497 e. The van der Waals surface area contributed by atoms with Gasteiger partial charge >= 0.3 is 0 Å². The van der Waals surface area contributed by atoms with Crippen LogP contribution in [0.2, 0.25) is 0 Å². The van der Waals surface area contributed by atoms with E-state index in [-0.39, 0.29) is 0 Å². The number of rotatable bonds is 9. The maximum absolute atomic E-state index is 5.63. The monoisotopic (exact) mass is 620 g/mol. The van der Waals surface area contributed by atoms with E-state index in [0.717, 1.165) is 110 Å². The molecule has 4 heterocycles. The van der Waals surface area contributed by atoms with Crippen molar-refractivity contribution in [2.45, 2.75) is 13.3 Å². The fourth-order valence-electron chi connectivity index (χ4n) is 6.29. The lowest BCUT2D eigenvalue weighted by Gasteiger charge is -2.33. The van der Waals surface area contributed by atoms with E-state index < -0.39 is 0 Å². The summed E-state index contributed by atoms with van der Waals surface area (Å²) in [6, 6.07) is 21.0. The number of nitrogens with one attached hydrogen (secondary N) is 2. The Hall–Kier alpha value is -4.87. The SMILES string of the molecule is COc1ccc(Cc2ccc3n[nH]c(C)c3c2N(C)c2ccnc(Nc3cc(N4CCOCC4)cc(N4CCOCC4)c3)n2)cc1. The molecule has 0 spiro atoms. The third kappa shape index (κ3) is 6.29. The molecule has 238 valence electrons. The highest BCUT2D eigenvalue weighted by atomic mass is 16.5. The van der Waals surface area contributed by atoms with Gasteiger partial charge in [0, 0.05) is 67.6 Å². The molecule has 2 N–H and O–H groups in total. The van der Waals surface area contributed by atoms with Gasteiger partial charge in [-0.05, 0) is 66.9 Å². The average molecular weight is 621 g/mol. The van der Waals surface area contributed by atoms with Gasteiger partial charge in [0.2, 0.25) is 5.95 Å². The molecule has 2 aliphatic rings. The number of morpholine rings is 2. The Bertz CT molecular complexity index is 1760. The molecule has 7 rings (SSSR count). The summed E-state index contributed by atoms with van der Waals surface area (Å²) >= 11 is 0. The van der Waals surface area contributed by atoms with Gasteiger partial charge in [0.1, 0.15) is 11.6 Å². The quantitative estimate of drug-likeness (QED) is 0.221. The highest BCUT2D eigenvalue weighted by Crippen LogP contribution is 2.37. The van der Waals surface area contributed by atoms with E-state index >= 15 is 0 Å². The van der Waals surface area contributed by atoms with Gasteiger partial charge in [-0.2, -0.15) is 10.1 Å². The summed E-state index contributed by atoms with van der Waals surface area (Å²) in [4.78, 5) is 16.5. The van der Waals surface area contributed by atoms with Crippen molar-refractivity contribution < 1.29 is 14.2 Å². The minimum absolute atomic E-state index is 0.532. The predicted molar refractivity (Wildman–Crippen MR) is 183 cm³/mol. The fourth-order valence-corrected chi connectivity index (χ4v) is 6.29. The van der Waals surface area contributed by atoms with Crippen LogP contribution in [0.4, 0.5) is 34.5 Å². The van der Waals surface area contributed by atoms with Crippen molar-refractivity contribution in [1.82, 2.24) is 20.2 Å². The standard InChI is InChI=1S/C35H40N8O3/c1-24-33-31(40-39-24)9-6-26(20-25-4-7-30(44-3)8-5-25)34(33)41(2)32-10-11-36-35(38-32)37-27-21-28(42-12-16-45-17-13-42)23-29(22-27)43-14-18-46-19-15-43/h4-11,21-23H,12-20H2,1-3H3,(H,39,40)(H,36,37,38). The van der Waals surface area contributed by atoms with Crippen LogP contribution in [-0.4, -0.2) is 86.9 Å². The van der Waals surface area contributed by atoms with Crippen LogP contribution in [0, 0.1) is 6.92 Å². The van der Waals surface area contributed by atoms with Crippen molar-refractivity contribution in [2.75, 3.05) is 86.8 Å². The van der Waals surface area contributed by atoms with Crippen molar-refractivity contribution in [1.29, 1.82) is 0 Å². The van der Waals surface area contributed by atoms with Crippen molar-refractivity contribution in [3.05, 3.63) is 83.7 Å². The summed E-state index contributed by atoms with van der Waals surface area (Å²) in [5, 5.41) is 12.3. The number of fused-ring (bicyclic) bond motifs is 1. The molecule has 2 aromatic heterocycles. The molecule has 11 heteroatoms. The summed E-state index contributed by atoms with van der Waals surface area (Å²) < 4.78 is 16.6. The Kier molecular flexibility index (Phi) is 8.58. The Morgan fingerprint density at radius 1 is 0.891 bits per heavy atom. The van der Waals surface area contributed by atoms with Crippen LogP contribution in [0.1, 0.15) is 16.8 Å². The molecule has 5 aromatic rings. The van der Waals surface area contributed by atoms with E-state index in [1.165, 1.54) is 11.1 Å². The topological polar surface area (TPSA) is 104 Å². The number of benzene rings is 3. The van der Waals surface area contributed by atoms with Crippen LogP contribution in [0.25, 0.3) is 10.9 Å². The maximum Gasteiger partial charge on any atom is 0.229 e. The number of aryl methyl sites for hydroxylation is 1. The van der Waals surface area contributed by atoms with Crippen LogP contribution in [0.3, 0.4) is 0 Å². The molecule has 0 atom stereocenters. The smallest absolute Gasteiger partial charge is 0.229 e. The zero-order valence-corrected chi connectivity index (χ0v) is 26.6. The maximum atomic E-state index is 5.63. The number of aromatic amines is 1. The van der Waals surface area contributed by atoms with E-state index in [0.29, 0.717) is 5.95 Å². The van der Waals surface area contributed by atoms with Crippen molar-refractivity contribution in [3.63, 3.8) is 0 Å². The van der Waals surface area contributed by atoms with E-state index in [1.54, 1.807) is 13.3 Å². The molecule has 0 aliphatic carbocycles. The molecule has 0 radical (unpaired) electrons. The average Bonchev–Trinajstić information content (AvgIpc) is 3.49. The molecule has 2 aliphatic heterocycles. The second-order valence-electron chi connectivity index (χ2n) is 11.7.